The Labute approximate surface area is 107 Å². The molecule has 2 atom stereocenters. The molecule has 0 amide bonds. The Morgan fingerprint density at radius 2 is 2.44 bits per heavy atom. The maximum atomic E-state index is 11.5. The molecule has 4 nitrogen and oxygen atoms in total. The third-order valence-corrected chi connectivity index (χ3v) is 4.49. The van der Waals surface area contributed by atoms with Crippen LogP contribution in [0, 0.1) is 0 Å². The summed E-state index contributed by atoms with van der Waals surface area (Å²) in [6.45, 7) is 0. The van der Waals surface area contributed by atoms with Crippen molar-refractivity contribution in [3.05, 3.63) is 23.0 Å². The number of nitrogens with one attached hydrogen (secondary N) is 1. The Hall–Kier alpha value is -0.720. The molecule has 1 aliphatic heterocycles. The van der Waals surface area contributed by atoms with Crippen LogP contribution >= 0.6 is 35.6 Å². The van der Waals surface area contributed by atoms with Gasteiger partial charge >= 0.3 is 5.97 Å². The zero-order valence-corrected chi connectivity index (χ0v) is 10.7. The van der Waals surface area contributed by atoms with Gasteiger partial charge in [-0.25, -0.2) is 4.79 Å². The first kappa shape index (κ1) is 11.8. The fraction of sp³-hybridized carbons (Fsp3) is 0.333. The van der Waals surface area contributed by atoms with Crippen LogP contribution in [0.25, 0.3) is 0 Å². The number of allylic oxidation sites excluding steroid dienone is 1. The SMILES string of the molecule is COC(=O)C1=C(N)C(Cl)C2SC(=S)NC2=C1. The van der Waals surface area contributed by atoms with Gasteiger partial charge < -0.3 is 15.8 Å². The van der Waals surface area contributed by atoms with Gasteiger partial charge in [-0.1, -0.05) is 24.0 Å². The molecule has 1 saturated heterocycles. The van der Waals surface area contributed by atoms with Gasteiger partial charge in [0.15, 0.2) is 0 Å². The smallest absolute Gasteiger partial charge is 0.339 e. The average Bonchev–Trinajstić information content (AvgIpc) is 2.63. The summed E-state index contributed by atoms with van der Waals surface area (Å²) in [5.41, 5.74) is 7.26. The number of nitrogens with two attached hydrogens (primary N) is 1. The summed E-state index contributed by atoms with van der Waals surface area (Å²) in [5, 5.41) is 2.50. The van der Waals surface area contributed by atoms with E-state index in [1.165, 1.54) is 18.9 Å². The van der Waals surface area contributed by atoms with Gasteiger partial charge in [-0.2, -0.15) is 0 Å². The maximum Gasteiger partial charge on any atom is 0.339 e. The summed E-state index contributed by atoms with van der Waals surface area (Å²) in [6.07, 6.45) is 1.65. The highest BCUT2D eigenvalue weighted by Gasteiger charge is 2.38. The zero-order valence-electron chi connectivity index (χ0n) is 8.32. The quantitative estimate of drug-likeness (QED) is 0.421. The largest absolute Gasteiger partial charge is 0.465 e. The summed E-state index contributed by atoms with van der Waals surface area (Å²) in [4.78, 5) is 11.5. The number of fused-ring (bicyclic) bond motifs is 1. The molecule has 0 saturated carbocycles. The van der Waals surface area contributed by atoms with Crippen LogP contribution in [0.15, 0.2) is 23.0 Å². The standard InChI is InChI=1S/C9H9ClN2O2S2/c1-14-8(13)3-2-4-7(5(10)6(3)11)16-9(15)12-4/h2,5,7H,11H2,1H3,(H,12,15). The lowest BCUT2D eigenvalue weighted by Crippen LogP contribution is -2.32. The lowest BCUT2D eigenvalue weighted by atomic mass is 10.00. The number of carbonyl (C=O) groups excluding carboxylic acids is 1. The molecule has 16 heavy (non-hydrogen) atoms. The zero-order chi connectivity index (χ0) is 11.9. The average molecular weight is 277 g/mol. The van der Waals surface area contributed by atoms with E-state index in [4.69, 9.17) is 29.6 Å². The molecule has 1 heterocycles. The van der Waals surface area contributed by atoms with Crippen LogP contribution < -0.4 is 11.1 Å². The number of hydrogen-bond donors (Lipinski definition) is 2. The van der Waals surface area contributed by atoms with E-state index in [2.05, 4.69) is 10.1 Å². The summed E-state index contributed by atoms with van der Waals surface area (Å²) >= 11 is 12.6. The minimum Gasteiger partial charge on any atom is -0.465 e. The first-order valence-corrected chi connectivity index (χ1v) is 6.18. The molecule has 0 aromatic heterocycles. The molecule has 0 aromatic rings. The predicted octanol–water partition coefficient (Wildman–Crippen LogP) is 0.867. The van der Waals surface area contributed by atoms with Crippen molar-refractivity contribution >= 4 is 45.9 Å². The van der Waals surface area contributed by atoms with Gasteiger partial charge in [0.05, 0.1) is 23.3 Å². The summed E-state index contributed by atoms with van der Waals surface area (Å²) in [6, 6.07) is 0. The monoisotopic (exact) mass is 276 g/mol. The molecule has 0 aromatic carbocycles. The number of hydrogen-bond acceptors (Lipinski definition) is 5. The molecular formula is C9H9ClN2O2S2. The van der Waals surface area contributed by atoms with Gasteiger partial charge in [-0.05, 0) is 6.08 Å². The Bertz CT molecular complexity index is 433. The van der Waals surface area contributed by atoms with Gasteiger partial charge in [-0.3, -0.25) is 0 Å². The van der Waals surface area contributed by atoms with Crippen LogP contribution in [0.4, 0.5) is 0 Å². The normalized spacial score (nSPS) is 28.4. The lowest BCUT2D eigenvalue weighted by Gasteiger charge is -2.23. The number of ether oxygens (including phenoxy) is 1. The van der Waals surface area contributed by atoms with Gasteiger partial charge in [-0.15, -0.1) is 11.6 Å². The lowest BCUT2D eigenvalue weighted by molar-refractivity contribution is -0.135. The topological polar surface area (TPSA) is 64.3 Å². The van der Waals surface area contributed by atoms with Crippen LogP contribution in [0.1, 0.15) is 0 Å². The van der Waals surface area contributed by atoms with E-state index in [-0.39, 0.29) is 5.25 Å². The number of halogens is 1. The Morgan fingerprint density at radius 1 is 1.75 bits per heavy atom. The molecule has 0 bridgehead atoms. The molecule has 3 N–H and O–H groups in total. The van der Waals surface area contributed by atoms with Crippen LogP contribution in [0.3, 0.4) is 0 Å². The van der Waals surface area contributed by atoms with E-state index in [0.29, 0.717) is 15.6 Å². The van der Waals surface area contributed by atoms with Crippen LogP contribution in [0.5, 0.6) is 0 Å². The third kappa shape index (κ3) is 1.81. The van der Waals surface area contributed by atoms with E-state index in [0.717, 1.165) is 5.70 Å². The Morgan fingerprint density at radius 3 is 3.06 bits per heavy atom. The number of alkyl halides is 1. The first-order valence-electron chi connectivity index (χ1n) is 4.46. The molecule has 1 aliphatic carbocycles. The molecule has 86 valence electrons. The van der Waals surface area contributed by atoms with Crippen molar-refractivity contribution in [2.45, 2.75) is 10.6 Å². The molecule has 0 radical (unpaired) electrons. The summed E-state index contributed by atoms with van der Waals surface area (Å²) < 4.78 is 5.28. The second kappa shape index (κ2) is 4.27. The number of thioether (sulfide) groups is 1. The fourth-order valence-corrected chi connectivity index (χ4v) is 3.33. The number of esters is 1. The number of carbonyl (C=O) groups is 1. The van der Waals surface area contributed by atoms with Crippen LogP contribution in [-0.2, 0) is 9.53 Å². The van der Waals surface area contributed by atoms with Crippen LogP contribution in [-0.4, -0.2) is 28.0 Å². The molecule has 2 aliphatic rings. The van der Waals surface area contributed by atoms with Crippen molar-refractivity contribution in [1.29, 1.82) is 0 Å². The molecule has 0 spiro atoms. The van der Waals surface area contributed by atoms with Crippen molar-refractivity contribution in [2.24, 2.45) is 5.73 Å². The molecule has 2 unspecified atom stereocenters. The Balaban J connectivity index is 2.39. The van der Waals surface area contributed by atoms with E-state index in [9.17, 15) is 4.79 Å². The van der Waals surface area contributed by atoms with Crippen LogP contribution in [0.2, 0.25) is 0 Å². The predicted molar refractivity (Wildman–Crippen MR) is 68.1 cm³/mol. The van der Waals surface area contributed by atoms with E-state index in [1.807, 2.05) is 0 Å². The van der Waals surface area contributed by atoms with Crippen molar-refractivity contribution in [2.75, 3.05) is 7.11 Å². The second-order valence-corrected chi connectivity index (χ2v) is 5.60. The van der Waals surface area contributed by atoms with Crippen molar-refractivity contribution in [3.63, 3.8) is 0 Å². The molecule has 7 heteroatoms. The summed E-state index contributed by atoms with van der Waals surface area (Å²) in [5.74, 6) is -0.487. The maximum absolute atomic E-state index is 11.5. The Kier molecular flexibility index (Phi) is 3.14. The van der Waals surface area contributed by atoms with Gasteiger partial charge in [0.2, 0.25) is 0 Å². The second-order valence-electron chi connectivity index (χ2n) is 3.31. The number of thiocarbonyl (C=S) groups is 1. The van der Waals surface area contributed by atoms with Gasteiger partial charge in [0.1, 0.15) is 4.32 Å². The highest BCUT2D eigenvalue weighted by Crippen LogP contribution is 2.38. The van der Waals surface area contributed by atoms with Gasteiger partial charge in [0, 0.05) is 11.4 Å². The molecule has 2 rings (SSSR count). The summed E-state index contributed by atoms with van der Waals surface area (Å²) in [7, 11) is 1.30. The van der Waals surface area contributed by atoms with Crippen molar-refractivity contribution < 1.29 is 9.53 Å². The number of rotatable bonds is 1. The molecular weight excluding hydrogens is 268 g/mol. The fourth-order valence-electron chi connectivity index (χ4n) is 1.57. The third-order valence-electron chi connectivity index (χ3n) is 2.37. The first-order chi connectivity index (χ1) is 7.54. The highest BCUT2D eigenvalue weighted by atomic mass is 35.5. The van der Waals surface area contributed by atoms with Gasteiger partial charge in [0.25, 0.3) is 0 Å². The minimum atomic E-state index is -0.487. The minimum absolute atomic E-state index is 0.0393. The van der Waals surface area contributed by atoms with Crippen molar-refractivity contribution in [3.8, 4) is 0 Å². The van der Waals surface area contributed by atoms with E-state index >= 15 is 0 Å². The van der Waals surface area contributed by atoms with Crippen molar-refractivity contribution in [1.82, 2.24) is 5.32 Å². The van der Waals surface area contributed by atoms with E-state index < -0.39 is 11.3 Å². The highest BCUT2D eigenvalue weighted by molar-refractivity contribution is 8.24. The van der Waals surface area contributed by atoms with E-state index in [1.54, 1.807) is 6.08 Å². The number of methoxy groups -OCH3 is 1. The molecule has 1 fully saturated rings.